The molecular formula is C15H14BrNO3. The summed E-state index contributed by atoms with van der Waals surface area (Å²) < 4.78 is 6.54. The van der Waals surface area contributed by atoms with Gasteiger partial charge in [0.25, 0.3) is 0 Å². The van der Waals surface area contributed by atoms with Gasteiger partial charge < -0.3 is 15.2 Å². The number of carbonyl (C=O) groups excluding carboxylic acids is 1. The molecule has 0 aliphatic rings. The monoisotopic (exact) mass is 335 g/mol. The molecule has 1 amide bonds. The van der Waals surface area contributed by atoms with E-state index in [0.29, 0.717) is 17.2 Å². The van der Waals surface area contributed by atoms with E-state index in [9.17, 15) is 4.79 Å². The van der Waals surface area contributed by atoms with Gasteiger partial charge in [-0.05, 0) is 45.8 Å². The third-order valence-corrected chi connectivity index (χ3v) is 3.22. The number of carbonyl (C=O) groups is 1. The van der Waals surface area contributed by atoms with E-state index >= 15 is 0 Å². The third-order valence-electron chi connectivity index (χ3n) is 2.60. The predicted molar refractivity (Wildman–Crippen MR) is 80.9 cm³/mol. The van der Waals surface area contributed by atoms with Crippen LogP contribution in [0.1, 0.15) is 12.5 Å². The normalized spacial score (nSPS) is 10.2. The molecule has 0 aliphatic carbocycles. The summed E-state index contributed by atoms with van der Waals surface area (Å²) in [4.78, 5) is 11.2. The van der Waals surface area contributed by atoms with Crippen LogP contribution in [0.2, 0.25) is 0 Å². The fourth-order valence-electron chi connectivity index (χ4n) is 1.69. The van der Waals surface area contributed by atoms with Crippen molar-refractivity contribution in [1.29, 1.82) is 0 Å². The van der Waals surface area contributed by atoms with Gasteiger partial charge in [-0.2, -0.15) is 0 Å². The van der Waals surface area contributed by atoms with E-state index in [1.54, 1.807) is 30.3 Å². The highest BCUT2D eigenvalue weighted by molar-refractivity contribution is 9.10. The number of amides is 1. The summed E-state index contributed by atoms with van der Waals surface area (Å²) in [6.45, 7) is 1.42. The predicted octanol–water partition coefficient (Wildman–Crippen LogP) is 3.69. The summed E-state index contributed by atoms with van der Waals surface area (Å²) >= 11 is 3.40. The number of anilines is 1. The minimum atomic E-state index is -0.157. The van der Waals surface area contributed by atoms with E-state index in [-0.39, 0.29) is 12.5 Å². The highest BCUT2D eigenvalue weighted by Crippen LogP contribution is 2.34. The molecule has 0 aromatic heterocycles. The Morgan fingerprint density at radius 2 is 2.00 bits per heavy atom. The smallest absolute Gasteiger partial charge is 0.221 e. The molecule has 0 saturated heterocycles. The van der Waals surface area contributed by atoms with Crippen LogP contribution in [-0.2, 0) is 11.4 Å². The van der Waals surface area contributed by atoms with Crippen molar-refractivity contribution < 1.29 is 14.6 Å². The number of aliphatic hydroxyl groups excluding tert-OH is 1. The first-order chi connectivity index (χ1) is 9.60. The van der Waals surface area contributed by atoms with E-state index in [4.69, 9.17) is 9.84 Å². The minimum absolute atomic E-state index is 0.0264. The van der Waals surface area contributed by atoms with E-state index in [2.05, 4.69) is 21.2 Å². The Labute approximate surface area is 125 Å². The van der Waals surface area contributed by atoms with Crippen molar-refractivity contribution in [3.63, 3.8) is 0 Å². The molecule has 2 N–H and O–H groups in total. The lowest BCUT2D eigenvalue weighted by Crippen LogP contribution is -2.06. The lowest BCUT2D eigenvalue weighted by Gasteiger charge is -2.12. The SMILES string of the molecule is CC(=O)Nc1ccccc1Oc1ccc(CO)cc1Br. The second-order valence-corrected chi connectivity index (χ2v) is 5.06. The van der Waals surface area contributed by atoms with E-state index in [0.717, 1.165) is 10.0 Å². The van der Waals surface area contributed by atoms with Crippen molar-refractivity contribution in [3.05, 3.63) is 52.5 Å². The van der Waals surface area contributed by atoms with Crippen molar-refractivity contribution in [2.45, 2.75) is 13.5 Å². The van der Waals surface area contributed by atoms with Gasteiger partial charge in [0.1, 0.15) is 5.75 Å². The maximum absolute atomic E-state index is 11.2. The molecule has 0 unspecified atom stereocenters. The van der Waals surface area contributed by atoms with Crippen LogP contribution in [0, 0.1) is 0 Å². The third kappa shape index (κ3) is 3.59. The number of rotatable bonds is 4. The molecule has 0 fully saturated rings. The Morgan fingerprint density at radius 3 is 2.65 bits per heavy atom. The van der Waals surface area contributed by atoms with Crippen molar-refractivity contribution in [2.75, 3.05) is 5.32 Å². The average molecular weight is 336 g/mol. The molecule has 5 heteroatoms. The number of halogens is 1. The van der Waals surface area contributed by atoms with Crippen molar-refractivity contribution in [3.8, 4) is 11.5 Å². The molecule has 0 heterocycles. The highest BCUT2D eigenvalue weighted by Gasteiger charge is 2.08. The van der Waals surface area contributed by atoms with Crippen LogP contribution in [0.3, 0.4) is 0 Å². The van der Waals surface area contributed by atoms with E-state index in [1.807, 2.05) is 12.1 Å². The van der Waals surface area contributed by atoms with Gasteiger partial charge in [0.15, 0.2) is 5.75 Å². The molecule has 104 valence electrons. The highest BCUT2D eigenvalue weighted by atomic mass is 79.9. The van der Waals surface area contributed by atoms with Gasteiger partial charge in [0.05, 0.1) is 16.8 Å². The van der Waals surface area contributed by atoms with Crippen LogP contribution < -0.4 is 10.1 Å². The number of hydrogen-bond acceptors (Lipinski definition) is 3. The van der Waals surface area contributed by atoms with Gasteiger partial charge in [-0.1, -0.05) is 18.2 Å². The van der Waals surface area contributed by atoms with Crippen LogP contribution in [0.4, 0.5) is 5.69 Å². The molecule has 0 saturated carbocycles. The Kier molecular flexibility index (Phi) is 4.76. The van der Waals surface area contributed by atoms with Crippen LogP contribution in [0.25, 0.3) is 0 Å². The maximum atomic E-state index is 11.2. The summed E-state index contributed by atoms with van der Waals surface area (Å²) in [5, 5.41) is 11.8. The summed E-state index contributed by atoms with van der Waals surface area (Å²) in [5.41, 5.74) is 1.40. The molecular weight excluding hydrogens is 322 g/mol. The van der Waals surface area contributed by atoms with Gasteiger partial charge >= 0.3 is 0 Å². The van der Waals surface area contributed by atoms with Crippen LogP contribution in [-0.4, -0.2) is 11.0 Å². The number of ether oxygens (including phenoxy) is 1. The molecule has 20 heavy (non-hydrogen) atoms. The first-order valence-electron chi connectivity index (χ1n) is 6.04. The number of aliphatic hydroxyl groups is 1. The maximum Gasteiger partial charge on any atom is 0.221 e. The van der Waals surface area contributed by atoms with E-state index < -0.39 is 0 Å². The van der Waals surface area contributed by atoms with Gasteiger partial charge in [-0.15, -0.1) is 0 Å². The number of nitrogens with one attached hydrogen (secondary N) is 1. The van der Waals surface area contributed by atoms with Gasteiger partial charge in [0.2, 0.25) is 5.91 Å². The summed E-state index contributed by atoms with van der Waals surface area (Å²) in [5.74, 6) is 1.01. The molecule has 2 aromatic carbocycles. The van der Waals surface area contributed by atoms with Crippen molar-refractivity contribution >= 4 is 27.5 Å². The molecule has 2 aromatic rings. The largest absolute Gasteiger partial charge is 0.454 e. The zero-order chi connectivity index (χ0) is 14.5. The number of para-hydroxylation sites is 2. The first-order valence-corrected chi connectivity index (χ1v) is 6.83. The van der Waals surface area contributed by atoms with Gasteiger partial charge in [-0.25, -0.2) is 0 Å². The molecule has 0 bridgehead atoms. The number of hydrogen-bond donors (Lipinski definition) is 2. The standard InChI is InChI=1S/C15H14BrNO3/c1-10(19)17-13-4-2-3-5-15(13)20-14-7-6-11(9-18)8-12(14)16/h2-8,18H,9H2,1H3,(H,17,19). The average Bonchev–Trinajstić information content (AvgIpc) is 2.42. The fourth-order valence-corrected chi connectivity index (χ4v) is 2.20. The molecule has 0 aliphatic heterocycles. The van der Waals surface area contributed by atoms with Crippen LogP contribution in [0.15, 0.2) is 46.9 Å². The Bertz CT molecular complexity index is 628. The van der Waals surface area contributed by atoms with Gasteiger partial charge in [0, 0.05) is 6.92 Å². The summed E-state index contributed by atoms with van der Waals surface area (Å²) in [6.07, 6.45) is 0. The first kappa shape index (κ1) is 14.6. The zero-order valence-electron chi connectivity index (χ0n) is 10.9. The zero-order valence-corrected chi connectivity index (χ0v) is 12.5. The molecule has 0 radical (unpaired) electrons. The fraction of sp³-hybridized carbons (Fsp3) is 0.133. The van der Waals surface area contributed by atoms with Crippen LogP contribution >= 0.6 is 15.9 Å². The second-order valence-electron chi connectivity index (χ2n) is 4.20. The Hall–Kier alpha value is -1.85. The summed E-state index contributed by atoms with van der Waals surface area (Å²) in [6, 6.07) is 12.5. The van der Waals surface area contributed by atoms with E-state index in [1.165, 1.54) is 6.92 Å². The van der Waals surface area contributed by atoms with Gasteiger partial charge in [-0.3, -0.25) is 4.79 Å². The minimum Gasteiger partial charge on any atom is -0.454 e. The lowest BCUT2D eigenvalue weighted by molar-refractivity contribution is -0.114. The molecule has 0 spiro atoms. The summed E-state index contributed by atoms with van der Waals surface area (Å²) in [7, 11) is 0. The topological polar surface area (TPSA) is 58.6 Å². The Balaban J connectivity index is 2.28. The van der Waals surface area contributed by atoms with Crippen LogP contribution in [0.5, 0.6) is 11.5 Å². The quantitative estimate of drug-likeness (QED) is 0.895. The molecule has 4 nitrogen and oxygen atoms in total. The second kappa shape index (κ2) is 6.54. The van der Waals surface area contributed by atoms with Crippen molar-refractivity contribution in [2.24, 2.45) is 0 Å². The molecule has 2 rings (SSSR count). The van der Waals surface area contributed by atoms with Crippen molar-refractivity contribution in [1.82, 2.24) is 0 Å². The Morgan fingerprint density at radius 1 is 1.25 bits per heavy atom. The number of benzene rings is 2. The molecule has 0 atom stereocenters. The lowest BCUT2D eigenvalue weighted by atomic mass is 10.2.